The van der Waals surface area contributed by atoms with Gasteiger partial charge in [0.2, 0.25) is 0 Å². The Hall–Kier alpha value is -1.21. The summed E-state index contributed by atoms with van der Waals surface area (Å²) in [7, 11) is 0. The van der Waals surface area contributed by atoms with Crippen LogP contribution in [0.1, 0.15) is 5.56 Å². The van der Waals surface area contributed by atoms with E-state index in [0.29, 0.717) is 10.0 Å². The molecule has 0 aliphatic carbocycles. The van der Waals surface area contributed by atoms with Gasteiger partial charge < -0.3 is 10.1 Å². The molecule has 0 bridgehead atoms. The van der Waals surface area contributed by atoms with Crippen molar-refractivity contribution >= 4 is 37.5 Å². The minimum Gasteiger partial charge on any atom is -0.434 e. The molecule has 0 saturated heterocycles. The molecule has 1 N–H and O–H groups in total. The number of nitrogens with one attached hydrogen (secondary N) is 1. The molecule has 0 unspecified atom stereocenters. The number of hydrogen-bond donors (Lipinski definition) is 1. The summed E-state index contributed by atoms with van der Waals surface area (Å²) >= 11 is 6.51. The Kier molecular flexibility index (Phi) is 5.52. The minimum absolute atomic E-state index is 0.0519. The Balaban J connectivity index is 2.18. The van der Waals surface area contributed by atoms with Gasteiger partial charge in [0.15, 0.2) is 0 Å². The van der Waals surface area contributed by atoms with Crippen LogP contribution < -0.4 is 10.1 Å². The predicted molar refractivity (Wildman–Crippen MR) is 82.2 cm³/mol. The molecule has 2 nitrogen and oxygen atoms in total. The third-order valence-electron chi connectivity index (χ3n) is 2.64. The maximum Gasteiger partial charge on any atom is 0.387 e. The molecule has 0 heterocycles. The standard InChI is InChI=1S/C14H10Br2F3NO/c15-9-2-4-13(21-14(18)19)8(5-9)7-20-12-6-10(16)1-3-11(12)17/h1-6,14,20H,7H2. The zero-order valence-corrected chi connectivity index (χ0v) is 13.7. The van der Waals surface area contributed by atoms with Crippen molar-refractivity contribution in [2.45, 2.75) is 13.2 Å². The molecule has 2 rings (SSSR count). The van der Waals surface area contributed by atoms with E-state index in [9.17, 15) is 13.2 Å². The number of ether oxygens (including phenoxy) is 1. The van der Waals surface area contributed by atoms with Gasteiger partial charge in [0.05, 0.1) is 5.69 Å². The largest absolute Gasteiger partial charge is 0.434 e. The maximum atomic E-state index is 13.6. The fourth-order valence-corrected chi connectivity index (χ4v) is 2.49. The van der Waals surface area contributed by atoms with Gasteiger partial charge in [0, 0.05) is 21.1 Å². The molecule has 0 spiro atoms. The Bertz CT molecular complexity index is 638. The van der Waals surface area contributed by atoms with Crippen LogP contribution in [0.3, 0.4) is 0 Å². The number of hydrogen-bond acceptors (Lipinski definition) is 2. The summed E-state index contributed by atoms with van der Waals surface area (Å²) in [5.74, 6) is -0.374. The number of benzene rings is 2. The summed E-state index contributed by atoms with van der Waals surface area (Å²) in [5.41, 5.74) is 0.761. The van der Waals surface area contributed by atoms with Crippen LogP contribution in [-0.2, 0) is 6.54 Å². The SMILES string of the molecule is Fc1ccc(Br)cc1NCc1cc(Br)ccc1OC(F)F. The van der Waals surface area contributed by atoms with E-state index in [1.165, 1.54) is 12.1 Å². The summed E-state index contributed by atoms with van der Waals surface area (Å²) in [5, 5.41) is 2.86. The molecule has 112 valence electrons. The van der Waals surface area contributed by atoms with E-state index in [0.717, 1.165) is 4.47 Å². The van der Waals surface area contributed by atoms with Gasteiger partial charge in [-0.2, -0.15) is 8.78 Å². The summed E-state index contributed by atoms with van der Waals surface area (Å²) in [6, 6.07) is 9.13. The zero-order valence-electron chi connectivity index (χ0n) is 10.5. The van der Waals surface area contributed by atoms with Crippen LogP contribution in [-0.4, -0.2) is 6.61 Å². The molecule has 2 aromatic rings. The van der Waals surface area contributed by atoms with Crippen LogP contribution >= 0.6 is 31.9 Å². The van der Waals surface area contributed by atoms with Gasteiger partial charge >= 0.3 is 6.61 Å². The quantitative estimate of drug-likeness (QED) is 0.677. The lowest BCUT2D eigenvalue weighted by Gasteiger charge is -2.13. The summed E-state index contributed by atoms with van der Waals surface area (Å²) in [6.07, 6.45) is 0. The topological polar surface area (TPSA) is 21.3 Å². The summed E-state index contributed by atoms with van der Waals surface area (Å²) < 4.78 is 44.2. The van der Waals surface area contributed by atoms with Crippen molar-refractivity contribution in [3.63, 3.8) is 0 Å². The van der Waals surface area contributed by atoms with Crippen molar-refractivity contribution < 1.29 is 17.9 Å². The first kappa shape index (κ1) is 16.2. The van der Waals surface area contributed by atoms with Gasteiger partial charge in [0.25, 0.3) is 0 Å². The molecule has 0 fully saturated rings. The molecule has 0 radical (unpaired) electrons. The normalized spacial score (nSPS) is 10.8. The Labute approximate surface area is 136 Å². The van der Waals surface area contributed by atoms with Gasteiger partial charge in [0.1, 0.15) is 11.6 Å². The average Bonchev–Trinajstić information content (AvgIpc) is 2.42. The highest BCUT2D eigenvalue weighted by Crippen LogP contribution is 2.27. The highest BCUT2D eigenvalue weighted by atomic mass is 79.9. The van der Waals surface area contributed by atoms with Gasteiger partial charge in [-0.1, -0.05) is 31.9 Å². The van der Waals surface area contributed by atoms with Crippen LogP contribution in [0.5, 0.6) is 5.75 Å². The first-order valence-corrected chi connectivity index (χ1v) is 7.46. The van der Waals surface area contributed by atoms with Gasteiger partial charge in [-0.15, -0.1) is 0 Å². The second-order valence-electron chi connectivity index (χ2n) is 4.11. The highest BCUT2D eigenvalue weighted by molar-refractivity contribution is 9.10. The van der Waals surface area contributed by atoms with Crippen LogP contribution in [0.2, 0.25) is 0 Å². The number of anilines is 1. The number of alkyl halides is 2. The van der Waals surface area contributed by atoms with Crippen molar-refractivity contribution in [2.75, 3.05) is 5.32 Å². The van der Waals surface area contributed by atoms with Crippen LogP contribution in [0.15, 0.2) is 45.3 Å². The second-order valence-corrected chi connectivity index (χ2v) is 5.94. The van der Waals surface area contributed by atoms with Crippen molar-refractivity contribution in [3.05, 3.63) is 56.7 Å². The van der Waals surface area contributed by atoms with E-state index >= 15 is 0 Å². The lowest BCUT2D eigenvalue weighted by Crippen LogP contribution is -2.08. The molecule has 0 aliphatic heterocycles. The Morgan fingerprint density at radius 1 is 1.05 bits per heavy atom. The summed E-state index contributed by atoms with van der Waals surface area (Å²) in [6.45, 7) is -2.76. The van der Waals surface area contributed by atoms with Crippen molar-refractivity contribution in [3.8, 4) is 5.75 Å². The monoisotopic (exact) mass is 423 g/mol. The van der Waals surface area contributed by atoms with Crippen molar-refractivity contribution in [1.82, 2.24) is 0 Å². The molecule has 21 heavy (non-hydrogen) atoms. The molecule has 0 amide bonds. The first-order valence-electron chi connectivity index (χ1n) is 5.88. The zero-order chi connectivity index (χ0) is 15.4. The van der Waals surface area contributed by atoms with E-state index in [1.807, 2.05) is 0 Å². The fraction of sp³-hybridized carbons (Fsp3) is 0.143. The minimum atomic E-state index is -2.91. The predicted octanol–water partition coefficient (Wildman–Crippen LogP) is 5.56. The molecular weight excluding hydrogens is 415 g/mol. The molecule has 0 atom stereocenters. The van der Waals surface area contributed by atoms with Gasteiger partial charge in [-0.05, 0) is 36.4 Å². The second kappa shape index (κ2) is 7.17. The smallest absolute Gasteiger partial charge is 0.387 e. The van der Waals surface area contributed by atoms with E-state index < -0.39 is 12.4 Å². The van der Waals surface area contributed by atoms with Crippen molar-refractivity contribution in [1.29, 1.82) is 0 Å². The van der Waals surface area contributed by atoms with E-state index in [-0.39, 0.29) is 18.0 Å². The van der Waals surface area contributed by atoms with Crippen molar-refractivity contribution in [2.24, 2.45) is 0 Å². The molecular formula is C14H10Br2F3NO. The highest BCUT2D eigenvalue weighted by Gasteiger charge is 2.11. The third kappa shape index (κ3) is 4.64. The molecule has 0 saturated carbocycles. The number of rotatable bonds is 5. The molecule has 7 heteroatoms. The fourth-order valence-electron chi connectivity index (χ4n) is 1.72. The lowest BCUT2D eigenvalue weighted by molar-refractivity contribution is -0.0504. The van der Waals surface area contributed by atoms with Crippen LogP contribution in [0.4, 0.5) is 18.9 Å². The average molecular weight is 425 g/mol. The summed E-state index contributed by atoms with van der Waals surface area (Å²) in [4.78, 5) is 0. The molecule has 0 aromatic heterocycles. The van der Waals surface area contributed by atoms with Crippen LogP contribution in [0, 0.1) is 5.82 Å². The van der Waals surface area contributed by atoms with Crippen LogP contribution in [0.25, 0.3) is 0 Å². The van der Waals surface area contributed by atoms with Gasteiger partial charge in [-0.25, -0.2) is 4.39 Å². The lowest BCUT2D eigenvalue weighted by atomic mass is 10.2. The third-order valence-corrected chi connectivity index (χ3v) is 3.62. The van der Waals surface area contributed by atoms with E-state index in [2.05, 4.69) is 41.9 Å². The number of halogens is 5. The Morgan fingerprint density at radius 3 is 2.43 bits per heavy atom. The Morgan fingerprint density at radius 2 is 1.71 bits per heavy atom. The molecule has 0 aliphatic rings. The van der Waals surface area contributed by atoms with E-state index in [1.54, 1.807) is 24.3 Å². The maximum absolute atomic E-state index is 13.6. The van der Waals surface area contributed by atoms with E-state index in [4.69, 9.17) is 0 Å². The molecule has 2 aromatic carbocycles. The van der Waals surface area contributed by atoms with Gasteiger partial charge in [-0.3, -0.25) is 0 Å². The first-order chi connectivity index (χ1) is 9.95.